The highest BCUT2D eigenvalue weighted by atomic mass is 19.1. The maximum Gasteiger partial charge on any atom is 0.350 e. The summed E-state index contributed by atoms with van der Waals surface area (Å²) in [5.74, 6) is -3.15. The normalized spacial score (nSPS) is 19.9. The van der Waals surface area contributed by atoms with E-state index in [1.807, 2.05) is 54.6 Å². The highest BCUT2D eigenvalue weighted by Crippen LogP contribution is 2.45. The molecular weight excluding hydrogens is 544 g/mol. The standard InChI is InChI=1S/C37H29F2NO3/c1-3-10-33(35(42)43)40-36(2)21-22-37(30-20-19-29(38)23-32(30)39,24-31(36)34(41)27-13-8-5-9-14-27)28-17-15-26(16-18-28)25-11-6-4-7-12-25/h3-9,11-24H,1,10H2,2H3,(H,42,43). The smallest absolute Gasteiger partial charge is 0.350 e. The van der Waals surface area contributed by atoms with E-state index in [1.54, 1.807) is 55.5 Å². The van der Waals surface area contributed by atoms with Crippen molar-refractivity contribution in [1.29, 1.82) is 0 Å². The Morgan fingerprint density at radius 2 is 1.49 bits per heavy atom. The molecule has 4 aromatic rings. The van der Waals surface area contributed by atoms with Crippen LogP contribution in [0.5, 0.6) is 0 Å². The molecule has 4 nitrogen and oxygen atoms in total. The number of ketones is 1. The molecule has 2 unspecified atom stereocenters. The topological polar surface area (TPSA) is 66.7 Å². The molecule has 1 N–H and O–H groups in total. The Morgan fingerprint density at radius 1 is 0.860 bits per heavy atom. The average Bonchev–Trinajstić information content (AvgIpc) is 3.02. The number of aliphatic imine (C=N–C) groups is 1. The summed E-state index contributed by atoms with van der Waals surface area (Å²) in [4.78, 5) is 30.8. The summed E-state index contributed by atoms with van der Waals surface area (Å²) < 4.78 is 29.8. The van der Waals surface area contributed by atoms with Gasteiger partial charge < -0.3 is 5.11 Å². The van der Waals surface area contributed by atoms with Crippen LogP contribution in [0, 0.1) is 11.6 Å². The summed E-state index contributed by atoms with van der Waals surface area (Å²) >= 11 is 0. The first kappa shape index (κ1) is 29.3. The average molecular weight is 574 g/mol. The molecule has 0 heterocycles. The molecule has 1 aliphatic rings. The van der Waals surface area contributed by atoms with Crippen LogP contribution >= 0.6 is 0 Å². The number of rotatable bonds is 9. The van der Waals surface area contributed by atoms with Crippen molar-refractivity contribution in [1.82, 2.24) is 0 Å². The van der Waals surface area contributed by atoms with Gasteiger partial charge in [0.1, 0.15) is 22.9 Å². The minimum absolute atomic E-state index is 0.0236. The van der Waals surface area contributed by atoms with Gasteiger partial charge in [0.2, 0.25) is 0 Å². The molecule has 214 valence electrons. The Morgan fingerprint density at radius 3 is 2.09 bits per heavy atom. The predicted octanol–water partition coefficient (Wildman–Crippen LogP) is 8.16. The van der Waals surface area contributed by atoms with Gasteiger partial charge in [-0.25, -0.2) is 13.6 Å². The third-order valence-electron chi connectivity index (χ3n) is 7.67. The number of carboxylic acid groups (broad SMARTS) is 1. The van der Waals surface area contributed by atoms with Gasteiger partial charge in [0.05, 0.1) is 5.41 Å². The second kappa shape index (κ2) is 11.9. The van der Waals surface area contributed by atoms with Crippen LogP contribution in [-0.4, -0.2) is 28.1 Å². The zero-order valence-electron chi connectivity index (χ0n) is 23.5. The van der Waals surface area contributed by atoms with E-state index in [1.165, 1.54) is 18.2 Å². The number of nitrogens with zero attached hydrogens (tertiary/aromatic N) is 1. The number of hydrogen-bond donors (Lipinski definition) is 1. The third-order valence-corrected chi connectivity index (χ3v) is 7.67. The van der Waals surface area contributed by atoms with E-state index in [-0.39, 0.29) is 23.3 Å². The van der Waals surface area contributed by atoms with Gasteiger partial charge in [-0.15, -0.1) is 6.58 Å². The van der Waals surface area contributed by atoms with Crippen molar-refractivity contribution in [3.05, 3.63) is 168 Å². The van der Waals surface area contributed by atoms with Gasteiger partial charge in [0.25, 0.3) is 0 Å². The lowest BCUT2D eigenvalue weighted by Crippen LogP contribution is -2.38. The zero-order chi connectivity index (χ0) is 30.6. The van der Waals surface area contributed by atoms with E-state index in [9.17, 15) is 19.1 Å². The molecule has 43 heavy (non-hydrogen) atoms. The Labute approximate surface area is 249 Å². The molecule has 0 saturated carbocycles. The molecule has 2 atom stereocenters. The van der Waals surface area contributed by atoms with Gasteiger partial charge in [-0.1, -0.05) is 115 Å². The number of carbonyl (C=O) groups excluding carboxylic acids is 1. The molecule has 0 bridgehead atoms. The SMILES string of the molecule is C=CCC(=NC1(C)C=CC(c2ccc(-c3ccccc3)cc2)(c2ccc(F)cc2F)C=C1C(=O)c1ccccc1)C(=O)O. The van der Waals surface area contributed by atoms with E-state index in [0.29, 0.717) is 11.1 Å². The lowest BCUT2D eigenvalue weighted by Gasteiger charge is -2.38. The quantitative estimate of drug-likeness (QED) is 0.125. The van der Waals surface area contributed by atoms with E-state index in [4.69, 9.17) is 0 Å². The van der Waals surface area contributed by atoms with E-state index >= 15 is 4.39 Å². The molecule has 0 radical (unpaired) electrons. The van der Waals surface area contributed by atoms with Crippen LogP contribution in [0.3, 0.4) is 0 Å². The minimum Gasteiger partial charge on any atom is -0.477 e. The van der Waals surface area contributed by atoms with E-state index in [2.05, 4.69) is 11.6 Å². The highest BCUT2D eigenvalue weighted by Gasteiger charge is 2.43. The second-order valence-corrected chi connectivity index (χ2v) is 10.5. The maximum absolute atomic E-state index is 15.7. The molecule has 0 aliphatic heterocycles. The molecule has 0 aromatic heterocycles. The number of carboxylic acids is 1. The first-order chi connectivity index (χ1) is 20.7. The number of Topliss-reactive ketones (excluding diaryl/α,β-unsaturated/α-hetero) is 1. The van der Waals surface area contributed by atoms with Crippen LogP contribution in [0.25, 0.3) is 11.1 Å². The number of hydrogen-bond acceptors (Lipinski definition) is 3. The van der Waals surface area contributed by atoms with Crippen molar-refractivity contribution in [3.63, 3.8) is 0 Å². The Kier molecular flexibility index (Phi) is 8.13. The van der Waals surface area contributed by atoms with E-state index < -0.39 is 34.3 Å². The first-order valence-corrected chi connectivity index (χ1v) is 13.7. The number of aliphatic carboxylic acids is 1. The molecule has 1 aliphatic carbocycles. The first-order valence-electron chi connectivity index (χ1n) is 13.7. The van der Waals surface area contributed by atoms with Gasteiger partial charge in [-0.05, 0) is 29.7 Å². The number of allylic oxidation sites excluding steroid dienone is 3. The lowest BCUT2D eigenvalue weighted by atomic mass is 9.66. The van der Waals surface area contributed by atoms with Gasteiger partial charge >= 0.3 is 5.97 Å². The van der Waals surface area contributed by atoms with Crippen molar-refractivity contribution in [3.8, 4) is 11.1 Å². The Bertz CT molecular complexity index is 1780. The molecule has 0 saturated heterocycles. The predicted molar refractivity (Wildman–Crippen MR) is 165 cm³/mol. The van der Waals surface area contributed by atoms with Gasteiger partial charge in [0.15, 0.2) is 5.78 Å². The monoisotopic (exact) mass is 573 g/mol. The minimum atomic E-state index is -1.41. The van der Waals surface area contributed by atoms with Crippen LogP contribution in [-0.2, 0) is 10.2 Å². The van der Waals surface area contributed by atoms with Crippen molar-refractivity contribution in [2.75, 3.05) is 0 Å². The molecule has 6 heteroatoms. The zero-order valence-corrected chi connectivity index (χ0v) is 23.5. The summed E-state index contributed by atoms with van der Waals surface area (Å²) in [6.45, 7) is 5.28. The van der Waals surface area contributed by atoms with Crippen molar-refractivity contribution >= 4 is 17.5 Å². The fourth-order valence-electron chi connectivity index (χ4n) is 5.44. The molecule has 5 rings (SSSR count). The third kappa shape index (κ3) is 5.77. The van der Waals surface area contributed by atoms with Crippen LogP contribution in [0.4, 0.5) is 8.78 Å². The van der Waals surface area contributed by atoms with Crippen molar-refractivity contribution in [2.24, 2.45) is 4.99 Å². The molecule has 0 fully saturated rings. The van der Waals surface area contributed by atoms with Crippen molar-refractivity contribution in [2.45, 2.75) is 24.3 Å². The van der Waals surface area contributed by atoms with Crippen LogP contribution in [0.15, 0.2) is 145 Å². The van der Waals surface area contributed by atoms with Gasteiger partial charge in [-0.2, -0.15) is 0 Å². The summed E-state index contributed by atoms with van der Waals surface area (Å²) in [6, 6.07) is 29.2. The van der Waals surface area contributed by atoms with Crippen LogP contribution < -0.4 is 0 Å². The fourth-order valence-corrected chi connectivity index (χ4v) is 5.44. The number of carbonyl (C=O) groups is 2. The maximum atomic E-state index is 15.7. The summed E-state index contributed by atoms with van der Waals surface area (Å²) in [5, 5.41) is 9.84. The van der Waals surface area contributed by atoms with Gasteiger partial charge in [-0.3, -0.25) is 9.79 Å². The highest BCUT2D eigenvalue weighted by molar-refractivity contribution is 6.36. The lowest BCUT2D eigenvalue weighted by molar-refractivity contribution is -0.129. The van der Waals surface area contributed by atoms with Crippen LogP contribution in [0.1, 0.15) is 34.8 Å². The second-order valence-electron chi connectivity index (χ2n) is 10.5. The number of benzene rings is 4. The van der Waals surface area contributed by atoms with Gasteiger partial charge in [0, 0.05) is 29.2 Å². The molecular formula is C37H29F2NO3. The number of halogens is 2. The summed E-state index contributed by atoms with van der Waals surface area (Å²) in [7, 11) is 0. The Hall–Kier alpha value is -5.23. The van der Waals surface area contributed by atoms with Crippen molar-refractivity contribution < 1.29 is 23.5 Å². The summed E-state index contributed by atoms with van der Waals surface area (Å²) in [6.07, 6.45) is 6.37. The van der Waals surface area contributed by atoms with E-state index in [0.717, 1.165) is 17.2 Å². The molecule has 0 amide bonds. The molecule has 4 aromatic carbocycles. The molecule has 0 spiro atoms. The fraction of sp³-hybridized carbons (Fsp3) is 0.108. The Balaban J connectivity index is 1.78. The summed E-state index contributed by atoms with van der Waals surface area (Å²) in [5.41, 5.74) is 0.274. The van der Waals surface area contributed by atoms with Crippen LogP contribution in [0.2, 0.25) is 0 Å². The largest absolute Gasteiger partial charge is 0.477 e.